The van der Waals surface area contributed by atoms with Gasteiger partial charge in [-0.15, -0.1) is 0 Å². The lowest BCUT2D eigenvalue weighted by atomic mass is 9.86. The molecule has 0 spiro atoms. The van der Waals surface area contributed by atoms with E-state index < -0.39 is 0 Å². The highest BCUT2D eigenvalue weighted by molar-refractivity contribution is 4.94. The molecule has 0 aromatic rings. The SMILES string of the molecule is CNC12CCCN(CC1)CC2. The summed E-state index contributed by atoms with van der Waals surface area (Å²) in [6.07, 6.45) is 5.51. The molecular weight excluding hydrogens is 136 g/mol. The Kier molecular flexibility index (Phi) is 1.90. The van der Waals surface area contributed by atoms with Gasteiger partial charge in [0, 0.05) is 5.54 Å². The molecule has 0 radical (unpaired) electrons. The van der Waals surface area contributed by atoms with Crippen LogP contribution in [0.3, 0.4) is 0 Å². The van der Waals surface area contributed by atoms with E-state index in [0.29, 0.717) is 5.54 Å². The van der Waals surface area contributed by atoms with Gasteiger partial charge in [-0.25, -0.2) is 0 Å². The molecule has 3 heterocycles. The van der Waals surface area contributed by atoms with E-state index in [1.54, 1.807) is 0 Å². The van der Waals surface area contributed by atoms with E-state index in [1.807, 2.05) is 0 Å². The van der Waals surface area contributed by atoms with Crippen LogP contribution in [0.4, 0.5) is 0 Å². The molecule has 11 heavy (non-hydrogen) atoms. The third kappa shape index (κ3) is 1.30. The molecule has 2 heteroatoms. The molecule has 3 fully saturated rings. The molecule has 2 nitrogen and oxygen atoms in total. The Morgan fingerprint density at radius 1 is 1.09 bits per heavy atom. The predicted molar refractivity (Wildman–Crippen MR) is 46.7 cm³/mol. The van der Waals surface area contributed by atoms with Gasteiger partial charge in [0.1, 0.15) is 0 Å². The molecule has 3 rings (SSSR count). The number of hydrogen-bond acceptors (Lipinski definition) is 2. The predicted octanol–water partition coefficient (Wildman–Crippen LogP) is 0.834. The fourth-order valence-corrected chi connectivity index (χ4v) is 2.47. The Labute approximate surface area is 69.0 Å². The second-order valence-electron chi connectivity index (χ2n) is 3.98. The van der Waals surface area contributed by atoms with Crippen LogP contribution >= 0.6 is 0 Å². The lowest BCUT2D eigenvalue weighted by Gasteiger charge is -2.37. The molecule has 0 amide bonds. The van der Waals surface area contributed by atoms with Gasteiger partial charge in [-0.1, -0.05) is 0 Å². The van der Waals surface area contributed by atoms with Crippen molar-refractivity contribution in [1.82, 2.24) is 10.2 Å². The lowest BCUT2D eigenvalue weighted by molar-refractivity contribution is 0.178. The quantitative estimate of drug-likeness (QED) is 0.602. The summed E-state index contributed by atoms with van der Waals surface area (Å²) in [7, 11) is 2.13. The lowest BCUT2D eigenvalue weighted by Crippen LogP contribution is -2.49. The van der Waals surface area contributed by atoms with Gasteiger partial charge in [-0.05, 0) is 52.4 Å². The van der Waals surface area contributed by atoms with E-state index in [-0.39, 0.29) is 0 Å². The van der Waals surface area contributed by atoms with Gasteiger partial charge >= 0.3 is 0 Å². The van der Waals surface area contributed by atoms with E-state index in [0.717, 1.165) is 0 Å². The van der Waals surface area contributed by atoms with E-state index >= 15 is 0 Å². The van der Waals surface area contributed by atoms with Crippen molar-refractivity contribution in [3.8, 4) is 0 Å². The third-order valence-electron chi connectivity index (χ3n) is 3.47. The highest BCUT2D eigenvalue weighted by atomic mass is 15.2. The molecule has 3 saturated heterocycles. The topological polar surface area (TPSA) is 15.3 Å². The first-order chi connectivity index (χ1) is 5.35. The molecular formula is C9H18N2. The van der Waals surface area contributed by atoms with Gasteiger partial charge in [0.05, 0.1) is 0 Å². The first-order valence-electron chi connectivity index (χ1n) is 4.76. The van der Waals surface area contributed by atoms with Crippen LogP contribution < -0.4 is 5.32 Å². The molecule has 3 aliphatic heterocycles. The van der Waals surface area contributed by atoms with Crippen LogP contribution in [0.5, 0.6) is 0 Å². The second-order valence-corrected chi connectivity index (χ2v) is 3.98. The Morgan fingerprint density at radius 2 is 1.82 bits per heavy atom. The van der Waals surface area contributed by atoms with Crippen molar-refractivity contribution >= 4 is 0 Å². The van der Waals surface area contributed by atoms with Crippen LogP contribution in [-0.2, 0) is 0 Å². The average Bonchev–Trinajstić information content (AvgIpc) is 2.37. The average molecular weight is 154 g/mol. The summed E-state index contributed by atoms with van der Waals surface area (Å²) < 4.78 is 0. The Bertz CT molecular complexity index is 131. The van der Waals surface area contributed by atoms with Crippen molar-refractivity contribution in [1.29, 1.82) is 0 Å². The zero-order valence-electron chi connectivity index (χ0n) is 7.40. The number of nitrogens with zero attached hydrogens (tertiary/aromatic N) is 1. The van der Waals surface area contributed by atoms with Crippen molar-refractivity contribution in [2.45, 2.75) is 31.2 Å². The summed E-state index contributed by atoms with van der Waals surface area (Å²) in [6, 6.07) is 0. The number of piperidine rings is 1. The third-order valence-corrected chi connectivity index (χ3v) is 3.47. The molecule has 0 aliphatic carbocycles. The molecule has 2 bridgehead atoms. The monoisotopic (exact) mass is 154 g/mol. The van der Waals surface area contributed by atoms with E-state index in [1.165, 1.54) is 45.3 Å². The largest absolute Gasteiger partial charge is 0.314 e. The number of hydrogen-bond donors (Lipinski definition) is 1. The summed E-state index contributed by atoms with van der Waals surface area (Å²) in [6.45, 7) is 3.98. The van der Waals surface area contributed by atoms with Crippen molar-refractivity contribution in [2.75, 3.05) is 26.7 Å². The molecule has 0 unspecified atom stereocenters. The van der Waals surface area contributed by atoms with Crippen molar-refractivity contribution < 1.29 is 0 Å². The molecule has 3 aliphatic rings. The van der Waals surface area contributed by atoms with Gasteiger partial charge in [-0.2, -0.15) is 0 Å². The Balaban J connectivity index is 2.10. The fraction of sp³-hybridized carbons (Fsp3) is 1.00. The maximum atomic E-state index is 3.52. The Morgan fingerprint density at radius 3 is 2.45 bits per heavy atom. The summed E-state index contributed by atoms with van der Waals surface area (Å²) in [5.74, 6) is 0. The standard InChI is InChI=1S/C9H18N2/c1-10-9-3-2-6-11(7-4-9)8-5-9/h10H,2-8H2,1H3. The van der Waals surface area contributed by atoms with Gasteiger partial charge in [0.15, 0.2) is 0 Å². The first kappa shape index (κ1) is 7.56. The maximum Gasteiger partial charge on any atom is 0.0203 e. The molecule has 0 atom stereocenters. The van der Waals surface area contributed by atoms with Crippen LogP contribution in [-0.4, -0.2) is 37.1 Å². The van der Waals surface area contributed by atoms with Crippen LogP contribution in [0.15, 0.2) is 0 Å². The van der Waals surface area contributed by atoms with E-state index in [9.17, 15) is 0 Å². The van der Waals surface area contributed by atoms with Gasteiger partial charge in [0.25, 0.3) is 0 Å². The minimum absolute atomic E-state index is 0.521. The molecule has 64 valence electrons. The fourth-order valence-electron chi connectivity index (χ4n) is 2.47. The molecule has 0 aromatic carbocycles. The van der Waals surface area contributed by atoms with Crippen molar-refractivity contribution in [3.05, 3.63) is 0 Å². The number of rotatable bonds is 1. The van der Waals surface area contributed by atoms with E-state index in [2.05, 4.69) is 17.3 Å². The molecule has 1 N–H and O–H groups in total. The summed E-state index contributed by atoms with van der Waals surface area (Å²) >= 11 is 0. The summed E-state index contributed by atoms with van der Waals surface area (Å²) in [5, 5.41) is 3.52. The van der Waals surface area contributed by atoms with Gasteiger partial charge in [-0.3, -0.25) is 0 Å². The minimum atomic E-state index is 0.521. The normalized spacial score (nSPS) is 43.9. The minimum Gasteiger partial charge on any atom is -0.314 e. The van der Waals surface area contributed by atoms with Crippen LogP contribution in [0.1, 0.15) is 25.7 Å². The first-order valence-corrected chi connectivity index (χ1v) is 4.76. The van der Waals surface area contributed by atoms with Crippen LogP contribution in [0.2, 0.25) is 0 Å². The van der Waals surface area contributed by atoms with Crippen LogP contribution in [0.25, 0.3) is 0 Å². The summed E-state index contributed by atoms with van der Waals surface area (Å²) in [4.78, 5) is 2.60. The maximum absolute atomic E-state index is 3.52. The van der Waals surface area contributed by atoms with Crippen molar-refractivity contribution in [2.24, 2.45) is 0 Å². The highest BCUT2D eigenvalue weighted by Gasteiger charge is 2.35. The number of nitrogens with one attached hydrogen (secondary N) is 1. The zero-order chi connectivity index (χ0) is 7.73. The smallest absolute Gasteiger partial charge is 0.0203 e. The molecule has 0 saturated carbocycles. The highest BCUT2D eigenvalue weighted by Crippen LogP contribution is 2.30. The zero-order valence-corrected chi connectivity index (χ0v) is 7.40. The summed E-state index contributed by atoms with van der Waals surface area (Å²) in [5.41, 5.74) is 0.521. The number of fused-ring (bicyclic) bond motifs is 4. The molecule has 0 aromatic heterocycles. The van der Waals surface area contributed by atoms with Gasteiger partial charge < -0.3 is 10.2 Å². The Hall–Kier alpha value is -0.0800. The van der Waals surface area contributed by atoms with Crippen molar-refractivity contribution in [3.63, 3.8) is 0 Å². The van der Waals surface area contributed by atoms with E-state index in [4.69, 9.17) is 0 Å². The van der Waals surface area contributed by atoms with Gasteiger partial charge in [0.2, 0.25) is 0 Å². The van der Waals surface area contributed by atoms with Crippen LogP contribution in [0, 0.1) is 0 Å². The second kappa shape index (κ2) is 2.76.